The first-order chi connectivity index (χ1) is 17.1. The second kappa shape index (κ2) is 8.13. The molecule has 6 rings (SSSR count). The van der Waals surface area contributed by atoms with Crippen LogP contribution in [0.4, 0.5) is 5.69 Å². The zero-order chi connectivity index (χ0) is 23.9. The third-order valence-electron chi connectivity index (χ3n) is 5.65. The van der Waals surface area contributed by atoms with Crippen LogP contribution in [0, 0.1) is 6.92 Å². The van der Waals surface area contributed by atoms with E-state index in [4.69, 9.17) is 4.98 Å². The molecule has 0 spiro atoms. The molecule has 0 atom stereocenters. The molecule has 3 N–H and O–H groups in total. The molecule has 0 aliphatic rings. The summed E-state index contributed by atoms with van der Waals surface area (Å²) in [6, 6.07) is 5.66. The van der Waals surface area contributed by atoms with Gasteiger partial charge in [-0.1, -0.05) is 6.92 Å². The largest absolute Gasteiger partial charge is 0.336 e. The quantitative estimate of drug-likeness (QED) is 0.352. The van der Waals surface area contributed by atoms with Gasteiger partial charge in [-0.05, 0) is 25.1 Å². The van der Waals surface area contributed by atoms with Crippen LogP contribution < -0.4 is 5.32 Å². The molecule has 0 unspecified atom stereocenters. The minimum absolute atomic E-state index is 0.0749. The SMILES string of the molecule is CCC(=O)Nc1cncc(-c2cc3c(-c4nc5c(-n6cnc(C)c6)nccc5[nH]4)n[nH]c3cn2)c1. The first-order valence-corrected chi connectivity index (χ1v) is 11.0. The van der Waals surface area contributed by atoms with E-state index in [1.165, 1.54) is 0 Å². The fraction of sp³-hybridized carbons (Fsp3) is 0.125. The Hall–Kier alpha value is -4.93. The van der Waals surface area contributed by atoms with Crippen molar-refractivity contribution in [3.8, 4) is 28.6 Å². The monoisotopic (exact) mass is 464 g/mol. The molecule has 0 aliphatic heterocycles. The van der Waals surface area contributed by atoms with Crippen molar-refractivity contribution in [1.29, 1.82) is 0 Å². The number of aryl methyl sites for hydroxylation is 1. The maximum absolute atomic E-state index is 11.8. The molecule has 6 heterocycles. The van der Waals surface area contributed by atoms with Crippen LogP contribution in [0.1, 0.15) is 19.0 Å². The molecular weight excluding hydrogens is 444 g/mol. The van der Waals surface area contributed by atoms with Gasteiger partial charge in [-0.3, -0.25) is 24.4 Å². The predicted octanol–water partition coefficient (Wildman–Crippen LogP) is 3.80. The third-order valence-corrected chi connectivity index (χ3v) is 5.65. The summed E-state index contributed by atoms with van der Waals surface area (Å²) in [5.41, 5.74) is 5.99. The molecule has 0 saturated heterocycles. The van der Waals surface area contributed by atoms with Crippen molar-refractivity contribution in [3.05, 3.63) is 61.2 Å². The zero-order valence-corrected chi connectivity index (χ0v) is 18.9. The molecule has 11 heteroatoms. The molecule has 6 aromatic rings. The van der Waals surface area contributed by atoms with Gasteiger partial charge in [0.05, 0.1) is 40.5 Å². The Balaban J connectivity index is 1.43. The van der Waals surface area contributed by atoms with E-state index in [0.717, 1.165) is 27.7 Å². The number of aromatic amines is 2. The van der Waals surface area contributed by atoms with Gasteiger partial charge in [0.2, 0.25) is 5.91 Å². The number of H-pyrrole nitrogens is 2. The lowest BCUT2D eigenvalue weighted by Crippen LogP contribution is -2.09. The van der Waals surface area contributed by atoms with Gasteiger partial charge in [0.1, 0.15) is 17.5 Å². The summed E-state index contributed by atoms with van der Waals surface area (Å²) in [7, 11) is 0. The highest BCUT2D eigenvalue weighted by atomic mass is 16.1. The number of carbonyl (C=O) groups excluding carboxylic acids is 1. The van der Waals surface area contributed by atoms with E-state index in [-0.39, 0.29) is 5.91 Å². The number of imidazole rings is 2. The molecule has 0 bridgehead atoms. The van der Waals surface area contributed by atoms with Gasteiger partial charge >= 0.3 is 0 Å². The Morgan fingerprint density at radius 3 is 2.86 bits per heavy atom. The standard InChI is InChI=1S/C24H20N10O/c1-3-20(35)29-15-6-14(8-25-9-15)18-7-16-19(10-27-18)32-33-21(16)23-30-17-4-5-26-24(22(17)31-23)34-11-13(2)28-12-34/h4-12H,3H2,1-2H3,(H,29,35)(H,30,31)(H,32,33). The average Bonchev–Trinajstić information content (AvgIpc) is 3.61. The van der Waals surface area contributed by atoms with Crippen LogP contribution in [0.15, 0.2) is 55.5 Å². The van der Waals surface area contributed by atoms with Crippen LogP contribution in [0.3, 0.4) is 0 Å². The molecule has 172 valence electrons. The Kier molecular flexibility index (Phi) is 4.80. The number of hydrogen-bond donors (Lipinski definition) is 3. The van der Waals surface area contributed by atoms with Crippen LogP contribution in [0.2, 0.25) is 0 Å². The average molecular weight is 464 g/mol. The van der Waals surface area contributed by atoms with E-state index in [0.29, 0.717) is 40.7 Å². The van der Waals surface area contributed by atoms with E-state index >= 15 is 0 Å². The van der Waals surface area contributed by atoms with Gasteiger partial charge in [-0.2, -0.15) is 5.10 Å². The highest BCUT2D eigenvalue weighted by Gasteiger charge is 2.17. The molecule has 0 aromatic carbocycles. The minimum atomic E-state index is -0.0749. The number of aromatic nitrogens is 9. The Morgan fingerprint density at radius 1 is 1.11 bits per heavy atom. The molecule has 35 heavy (non-hydrogen) atoms. The summed E-state index contributed by atoms with van der Waals surface area (Å²) >= 11 is 0. The Morgan fingerprint density at radius 2 is 2.03 bits per heavy atom. The number of rotatable bonds is 5. The third kappa shape index (κ3) is 3.68. The van der Waals surface area contributed by atoms with Gasteiger partial charge in [-0.25, -0.2) is 15.0 Å². The van der Waals surface area contributed by atoms with Gasteiger partial charge < -0.3 is 10.3 Å². The highest BCUT2D eigenvalue weighted by molar-refractivity contribution is 5.96. The summed E-state index contributed by atoms with van der Waals surface area (Å²) in [4.78, 5) is 37.5. The van der Waals surface area contributed by atoms with Crippen molar-refractivity contribution in [2.24, 2.45) is 0 Å². The summed E-state index contributed by atoms with van der Waals surface area (Å²) < 4.78 is 1.85. The van der Waals surface area contributed by atoms with Crippen LogP contribution in [-0.2, 0) is 4.79 Å². The molecule has 6 aromatic heterocycles. The van der Waals surface area contributed by atoms with E-state index in [1.54, 1.807) is 38.0 Å². The number of pyridine rings is 3. The fourth-order valence-corrected chi connectivity index (χ4v) is 3.91. The number of carbonyl (C=O) groups is 1. The number of hydrogen-bond acceptors (Lipinski definition) is 7. The maximum Gasteiger partial charge on any atom is 0.224 e. The van der Waals surface area contributed by atoms with E-state index in [1.807, 2.05) is 35.9 Å². The first kappa shape index (κ1) is 20.7. The summed E-state index contributed by atoms with van der Waals surface area (Å²) in [6.45, 7) is 3.73. The summed E-state index contributed by atoms with van der Waals surface area (Å²) in [5.74, 6) is 1.22. The number of fused-ring (bicyclic) bond motifs is 2. The lowest BCUT2D eigenvalue weighted by atomic mass is 10.1. The first-order valence-electron chi connectivity index (χ1n) is 11.0. The van der Waals surface area contributed by atoms with Crippen molar-refractivity contribution in [1.82, 2.24) is 44.7 Å². The molecule has 0 fully saturated rings. The summed E-state index contributed by atoms with van der Waals surface area (Å²) in [5, 5.41) is 11.2. The van der Waals surface area contributed by atoms with Crippen molar-refractivity contribution < 1.29 is 4.79 Å². The van der Waals surface area contributed by atoms with Gasteiger partial charge in [-0.15, -0.1) is 0 Å². The lowest BCUT2D eigenvalue weighted by molar-refractivity contribution is -0.115. The molecule has 1 amide bonds. The number of nitrogens with zero attached hydrogens (tertiary/aromatic N) is 7. The van der Waals surface area contributed by atoms with Crippen LogP contribution in [0.25, 0.3) is 50.5 Å². The second-order valence-corrected chi connectivity index (χ2v) is 8.09. The van der Waals surface area contributed by atoms with Crippen molar-refractivity contribution in [3.63, 3.8) is 0 Å². The molecule has 11 nitrogen and oxygen atoms in total. The van der Waals surface area contributed by atoms with Crippen LogP contribution >= 0.6 is 0 Å². The highest BCUT2D eigenvalue weighted by Crippen LogP contribution is 2.30. The van der Waals surface area contributed by atoms with Gasteiger partial charge in [0.25, 0.3) is 0 Å². The number of amides is 1. The predicted molar refractivity (Wildman–Crippen MR) is 131 cm³/mol. The minimum Gasteiger partial charge on any atom is -0.336 e. The van der Waals surface area contributed by atoms with Gasteiger partial charge in [0, 0.05) is 36.0 Å². The summed E-state index contributed by atoms with van der Waals surface area (Å²) in [6.07, 6.45) is 10.8. The van der Waals surface area contributed by atoms with E-state index in [9.17, 15) is 4.79 Å². The maximum atomic E-state index is 11.8. The normalized spacial score (nSPS) is 11.4. The van der Waals surface area contributed by atoms with E-state index < -0.39 is 0 Å². The second-order valence-electron chi connectivity index (χ2n) is 8.09. The number of anilines is 1. The lowest BCUT2D eigenvalue weighted by Gasteiger charge is -2.06. The van der Waals surface area contributed by atoms with Crippen molar-refractivity contribution in [2.45, 2.75) is 20.3 Å². The number of nitrogens with one attached hydrogen (secondary N) is 3. The Bertz CT molecular complexity index is 1710. The Labute approximate surface area is 198 Å². The molecule has 0 radical (unpaired) electrons. The van der Waals surface area contributed by atoms with Gasteiger partial charge in [0.15, 0.2) is 11.6 Å². The molecule has 0 aliphatic carbocycles. The smallest absolute Gasteiger partial charge is 0.224 e. The zero-order valence-electron chi connectivity index (χ0n) is 18.9. The van der Waals surface area contributed by atoms with Crippen LogP contribution in [-0.4, -0.2) is 50.6 Å². The van der Waals surface area contributed by atoms with Crippen LogP contribution in [0.5, 0.6) is 0 Å². The van der Waals surface area contributed by atoms with Crippen molar-refractivity contribution in [2.75, 3.05) is 5.32 Å². The van der Waals surface area contributed by atoms with Crippen molar-refractivity contribution >= 4 is 33.5 Å². The fourth-order valence-electron chi connectivity index (χ4n) is 3.91. The molecule has 0 saturated carbocycles. The molecular formula is C24H20N10O. The van der Waals surface area contributed by atoms with E-state index in [2.05, 4.69) is 40.4 Å². The topological polar surface area (TPSA) is 143 Å².